The van der Waals surface area contributed by atoms with E-state index in [1.54, 1.807) is 13.0 Å². The van der Waals surface area contributed by atoms with Crippen molar-refractivity contribution in [1.82, 2.24) is 14.5 Å². The lowest BCUT2D eigenvalue weighted by molar-refractivity contribution is -0.174. The Kier molecular flexibility index (Phi) is 4.58. The van der Waals surface area contributed by atoms with Crippen molar-refractivity contribution in [2.45, 2.75) is 32.1 Å². The Labute approximate surface area is 125 Å². The van der Waals surface area contributed by atoms with Gasteiger partial charge in [0.05, 0.1) is 19.0 Å². The zero-order valence-electron chi connectivity index (χ0n) is 12.2. The fourth-order valence-corrected chi connectivity index (χ4v) is 2.08. The van der Waals surface area contributed by atoms with Gasteiger partial charge in [-0.2, -0.15) is 13.2 Å². The number of carbonyl (C=O) groups excluding carboxylic acids is 1. The summed E-state index contributed by atoms with van der Waals surface area (Å²) in [6.45, 7) is 1.94. The zero-order valence-corrected chi connectivity index (χ0v) is 12.2. The van der Waals surface area contributed by atoms with Crippen LogP contribution in [0.25, 0.3) is 0 Å². The van der Waals surface area contributed by atoms with Gasteiger partial charge in [-0.15, -0.1) is 0 Å². The molecule has 0 fully saturated rings. The van der Waals surface area contributed by atoms with Crippen LogP contribution in [0.1, 0.15) is 23.8 Å². The smallest absolute Gasteiger partial charge is 0.409 e. The first-order chi connectivity index (χ1) is 10.3. The molecule has 1 amide bonds. The third-order valence-corrected chi connectivity index (χ3v) is 3.43. The number of alkyl halides is 3. The maximum atomic E-state index is 13.1. The van der Waals surface area contributed by atoms with Gasteiger partial charge in [-0.05, 0) is 13.0 Å². The minimum absolute atomic E-state index is 0.204. The summed E-state index contributed by atoms with van der Waals surface area (Å²) in [6, 6.07) is -0.230. The van der Waals surface area contributed by atoms with Crippen molar-refractivity contribution in [3.8, 4) is 0 Å². The quantitative estimate of drug-likeness (QED) is 0.852. The van der Waals surface area contributed by atoms with E-state index in [1.807, 2.05) is 0 Å². The maximum Gasteiger partial charge on any atom is 0.409 e. The predicted molar refractivity (Wildman–Crippen MR) is 71.9 cm³/mol. The highest BCUT2D eigenvalue weighted by Crippen LogP contribution is 2.33. The molecule has 0 bridgehead atoms. The molecule has 2 aromatic rings. The van der Waals surface area contributed by atoms with Gasteiger partial charge in [0.15, 0.2) is 0 Å². The van der Waals surface area contributed by atoms with Gasteiger partial charge < -0.3 is 13.9 Å². The third kappa shape index (κ3) is 3.69. The van der Waals surface area contributed by atoms with Crippen LogP contribution in [0.15, 0.2) is 35.5 Å². The van der Waals surface area contributed by atoms with Gasteiger partial charge in [-0.3, -0.25) is 4.79 Å². The number of nitrogens with zero attached hydrogens (tertiary/aromatic N) is 3. The van der Waals surface area contributed by atoms with Crippen molar-refractivity contribution in [1.29, 1.82) is 0 Å². The van der Waals surface area contributed by atoms with Crippen molar-refractivity contribution in [3.05, 3.63) is 42.4 Å². The predicted octanol–water partition coefficient (Wildman–Crippen LogP) is 2.94. The maximum absolute atomic E-state index is 13.1. The molecule has 120 valence electrons. The lowest BCUT2D eigenvalue weighted by atomic mass is 10.1. The second-order valence-corrected chi connectivity index (χ2v) is 5.02. The summed E-state index contributed by atoms with van der Waals surface area (Å²) in [7, 11) is 1.47. The molecule has 2 rings (SSSR count). The van der Waals surface area contributed by atoms with Crippen LogP contribution < -0.4 is 0 Å². The van der Waals surface area contributed by atoms with Gasteiger partial charge in [-0.1, -0.05) is 0 Å². The average molecular weight is 315 g/mol. The molecule has 0 aliphatic heterocycles. The number of amides is 1. The monoisotopic (exact) mass is 315 g/mol. The molecule has 2 aromatic heterocycles. The highest BCUT2D eigenvalue weighted by molar-refractivity contribution is 5.76. The van der Waals surface area contributed by atoms with Gasteiger partial charge in [-0.25, -0.2) is 4.98 Å². The summed E-state index contributed by atoms with van der Waals surface area (Å²) in [6.07, 6.45) is -0.206. The number of imidazole rings is 1. The van der Waals surface area contributed by atoms with Crippen molar-refractivity contribution in [2.75, 3.05) is 7.05 Å². The molecule has 0 saturated heterocycles. The molecule has 0 saturated carbocycles. The number of hydrogen-bond acceptors (Lipinski definition) is 3. The molecule has 1 unspecified atom stereocenters. The largest absolute Gasteiger partial charge is 0.469 e. The molecule has 0 aromatic carbocycles. The van der Waals surface area contributed by atoms with Crippen LogP contribution in [0.5, 0.6) is 0 Å². The van der Waals surface area contributed by atoms with E-state index in [1.165, 1.54) is 30.6 Å². The molecule has 0 aliphatic carbocycles. The standard InChI is InChI=1S/C14H16F3N3O2/c1-10-11(3-6-22-10)8-19(2)13(21)7-12(14(15,16)17)20-5-4-18-9-20/h3-6,9,12H,7-8H2,1-2H3. The Balaban J connectivity index is 2.06. The molecule has 8 heteroatoms. The highest BCUT2D eigenvalue weighted by Gasteiger charge is 2.42. The van der Waals surface area contributed by atoms with E-state index < -0.39 is 24.5 Å². The normalized spacial score (nSPS) is 13.1. The van der Waals surface area contributed by atoms with Crippen molar-refractivity contribution in [3.63, 3.8) is 0 Å². The van der Waals surface area contributed by atoms with E-state index in [0.717, 1.165) is 16.5 Å². The first-order valence-corrected chi connectivity index (χ1v) is 6.60. The number of aryl methyl sites for hydroxylation is 1. The molecule has 0 radical (unpaired) electrons. The number of rotatable bonds is 5. The van der Waals surface area contributed by atoms with Crippen molar-refractivity contribution >= 4 is 5.91 Å². The van der Waals surface area contributed by atoms with Crippen molar-refractivity contribution in [2.24, 2.45) is 0 Å². The molecule has 0 aliphatic rings. The first kappa shape index (κ1) is 16.1. The summed E-state index contributed by atoms with van der Waals surface area (Å²) >= 11 is 0. The second-order valence-electron chi connectivity index (χ2n) is 5.02. The zero-order chi connectivity index (χ0) is 16.3. The first-order valence-electron chi connectivity index (χ1n) is 6.60. The minimum Gasteiger partial charge on any atom is -0.469 e. The third-order valence-electron chi connectivity index (χ3n) is 3.43. The van der Waals surface area contributed by atoms with Crippen LogP contribution in [0, 0.1) is 6.92 Å². The molecule has 0 N–H and O–H groups in total. The van der Waals surface area contributed by atoms with Gasteiger partial charge >= 0.3 is 6.18 Å². The Hall–Kier alpha value is -2.25. The summed E-state index contributed by atoms with van der Waals surface area (Å²) in [5, 5.41) is 0. The lowest BCUT2D eigenvalue weighted by Crippen LogP contribution is -2.34. The fraction of sp³-hybridized carbons (Fsp3) is 0.429. The van der Waals surface area contributed by atoms with Gasteiger partial charge in [0, 0.05) is 31.5 Å². The number of aromatic nitrogens is 2. The molecule has 5 nitrogen and oxygen atoms in total. The summed E-state index contributed by atoms with van der Waals surface area (Å²) < 4.78 is 45.3. The Bertz CT molecular complexity index is 620. The van der Waals surface area contributed by atoms with Crippen LogP contribution in [0.2, 0.25) is 0 Å². The van der Waals surface area contributed by atoms with E-state index in [2.05, 4.69) is 4.98 Å². The van der Waals surface area contributed by atoms with Gasteiger partial charge in [0.25, 0.3) is 0 Å². The Morgan fingerprint density at radius 2 is 2.23 bits per heavy atom. The number of hydrogen-bond donors (Lipinski definition) is 0. The summed E-state index contributed by atoms with van der Waals surface area (Å²) in [5.41, 5.74) is 0.766. The van der Waals surface area contributed by atoms with E-state index in [9.17, 15) is 18.0 Å². The topological polar surface area (TPSA) is 51.3 Å². The molecular formula is C14H16F3N3O2. The van der Waals surface area contributed by atoms with Crippen LogP contribution >= 0.6 is 0 Å². The SMILES string of the molecule is Cc1occc1CN(C)C(=O)CC(n1ccnc1)C(F)(F)F. The molecule has 1 atom stereocenters. The fourth-order valence-electron chi connectivity index (χ4n) is 2.08. The molecule has 22 heavy (non-hydrogen) atoms. The number of carbonyl (C=O) groups is 1. The lowest BCUT2D eigenvalue weighted by Gasteiger charge is -2.24. The van der Waals surface area contributed by atoms with Crippen LogP contribution in [0.3, 0.4) is 0 Å². The van der Waals surface area contributed by atoms with Crippen LogP contribution in [-0.2, 0) is 11.3 Å². The Morgan fingerprint density at radius 3 is 2.73 bits per heavy atom. The van der Waals surface area contributed by atoms with E-state index in [-0.39, 0.29) is 6.54 Å². The van der Waals surface area contributed by atoms with Gasteiger partial charge in [0.2, 0.25) is 5.91 Å². The highest BCUT2D eigenvalue weighted by atomic mass is 19.4. The average Bonchev–Trinajstić information content (AvgIpc) is 3.07. The molecule has 2 heterocycles. The van der Waals surface area contributed by atoms with Gasteiger partial charge in [0.1, 0.15) is 11.8 Å². The van der Waals surface area contributed by atoms with E-state index in [4.69, 9.17) is 4.42 Å². The molecule has 0 spiro atoms. The minimum atomic E-state index is -4.53. The number of halogens is 3. The Morgan fingerprint density at radius 1 is 1.50 bits per heavy atom. The number of furan rings is 1. The van der Waals surface area contributed by atoms with E-state index in [0.29, 0.717) is 5.76 Å². The summed E-state index contributed by atoms with van der Waals surface area (Å²) in [4.78, 5) is 17.0. The van der Waals surface area contributed by atoms with Crippen LogP contribution in [-0.4, -0.2) is 33.6 Å². The summed E-state index contributed by atoms with van der Waals surface area (Å²) in [5.74, 6) is 0.0401. The second kappa shape index (κ2) is 6.25. The van der Waals surface area contributed by atoms with Crippen molar-refractivity contribution < 1.29 is 22.4 Å². The van der Waals surface area contributed by atoms with Crippen LogP contribution in [0.4, 0.5) is 13.2 Å². The molecular weight excluding hydrogens is 299 g/mol. The van der Waals surface area contributed by atoms with E-state index >= 15 is 0 Å².